The number of phenols is 1. The number of rotatable bonds is 33. The summed E-state index contributed by atoms with van der Waals surface area (Å²) in [5.74, 6) is -7.46. The zero-order valence-electron chi connectivity index (χ0n) is 37.4. The van der Waals surface area contributed by atoms with E-state index in [9.17, 15) is 63.6 Å². The first-order valence-electron chi connectivity index (χ1n) is 21.5. The van der Waals surface area contributed by atoms with E-state index in [0.717, 1.165) is 32.1 Å². The molecule has 2 rings (SSSR count). The highest BCUT2D eigenvalue weighted by atomic mass is 16.4. The first-order valence-corrected chi connectivity index (χ1v) is 21.5. The molecule has 24 nitrogen and oxygen atoms in total. The third-order valence-electron chi connectivity index (χ3n) is 9.51. The number of amides is 4. The van der Waals surface area contributed by atoms with Crippen LogP contribution in [0, 0.1) is 0 Å². The summed E-state index contributed by atoms with van der Waals surface area (Å²) in [7, 11) is 0. The number of pyridine rings is 1. The maximum Gasteiger partial charge on any atom is 0.326 e. The highest BCUT2D eigenvalue weighted by Gasteiger charge is 2.22. The smallest absolute Gasteiger partial charge is 0.326 e. The van der Waals surface area contributed by atoms with Gasteiger partial charge in [-0.1, -0.05) is 31.9 Å². The van der Waals surface area contributed by atoms with Gasteiger partial charge in [-0.15, -0.1) is 0 Å². The fraction of sp³-hybridized carbons (Fsp3) is 0.535. The molecule has 4 amide bonds. The Kier molecular flexibility index (Phi) is 28.2. The minimum Gasteiger partial charge on any atom is -0.508 e. The van der Waals surface area contributed by atoms with Crippen molar-refractivity contribution in [3.05, 3.63) is 52.8 Å². The summed E-state index contributed by atoms with van der Waals surface area (Å²) in [6, 6.07) is 5.31. The van der Waals surface area contributed by atoms with Crippen LogP contribution in [0.2, 0.25) is 0 Å². The van der Waals surface area contributed by atoms with Crippen molar-refractivity contribution in [3.63, 3.8) is 0 Å². The number of hydrogen-bond acceptors (Lipinski definition) is 14. The van der Waals surface area contributed by atoms with Gasteiger partial charge in [0.15, 0.2) is 0 Å². The number of aromatic hydroxyl groups is 2. The second kappa shape index (κ2) is 32.6. The Hall–Kier alpha value is -7.08. The third kappa shape index (κ3) is 28.4. The van der Waals surface area contributed by atoms with Crippen LogP contribution in [0.3, 0.4) is 0 Å². The van der Waals surface area contributed by atoms with E-state index in [1.165, 1.54) is 21.9 Å². The molecule has 372 valence electrons. The van der Waals surface area contributed by atoms with Gasteiger partial charge < -0.3 is 62.1 Å². The van der Waals surface area contributed by atoms with Crippen LogP contribution in [0.15, 0.2) is 30.3 Å². The van der Waals surface area contributed by atoms with Crippen molar-refractivity contribution < 1.29 is 84.0 Å². The van der Waals surface area contributed by atoms with Crippen molar-refractivity contribution in [2.45, 2.75) is 103 Å². The number of carboxylic acid groups (broad SMARTS) is 6. The lowest BCUT2D eigenvalue weighted by molar-refractivity contribution is -0.141. The summed E-state index contributed by atoms with van der Waals surface area (Å²) < 4.78 is 0. The Labute approximate surface area is 386 Å². The zero-order valence-corrected chi connectivity index (χ0v) is 37.4. The lowest BCUT2D eigenvalue weighted by Crippen LogP contribution is -2.47. The minimum atomic E-state index is -1.39. The van der Waals surface area contributed by atoms with Crippen LogP contribution in [-0.2, 0) is 64.3 Å². The molecule has 0 bridgehead atoms. The summed E-state index contributed by atoms with van der Waals surface area (Å²) in [5.41, 5.74) is 1.80. The van der Waals surface area contributed by atoms with Crippen LogP contribution in [0.1, 0.15) is 93.6 Å². The van der Waals surface area contributed by atoms with E-state index in [0.29, 0.717) is 36.3 Å². The molecule has 24 heteroatoms. The highest BCUT2D eigenvalue weighted by molar-refractivity contribution is 5.85. The van der Waals surface area contributed by atoms with Crippen LogP contribution < -0.4 is 21.3 Å². The van der Waals surface area contributed by atoms with Crippen LogP contribution in [0.5, 0.6) is 11.5 Å². The molecule has 1 aromatic carbocycles. The Morgan fingerprint density at radius 2 is 1.21 bits per heavy atom. The molecule has 1 atom stereocenters. The Morgan fingerprint density at radius 3 is 1.79 bits per heavy atom. The van der Waals surface area contributed by atoms with Crippen molar-refractivity contribution in [3.8, 4) is 11.5 Å². The van der Waals surface area contributed by atoms with E-state index in [-0.39, 0.29) is 87.3 Å². The molecule has 0 aliphatic heterocycles. The van der Waals surface area contributed by atoms with Crippen molar-refractivity contribution in [1.29, 1.82) is 0 Å². The Bertz CT molecular complexity index is 1970. The van der Waals surface area contributed by atoms with Gasteiger partial charge in [-0.3, -0.25) is 48.3 Å². The van der Waals surface area contributed by atoms with Crippen molar-refractivity contribution in [2.75, 3.05) is 45.8 Å². The zero-order chi connectivity index (χ0) is 50.3. The van der Waals surface area contributed by atoms with E-state index in [1.54, 1.807) is 18.2 Å². The van der Waals surface area contributed by atoms with E-state index >= 15 is 0 Å². The molecular formula is C43H63N7O17. The van der Waals surface area contributed by atoms with Crippen LogP contribution >= 0.6 is 0 Å². The number of hydrogen-bond donors (Lipinski definition) is 12. The second-order valence-electron chi connectivity index (χ2n) is 15.2. The maximum absolute atomic E-state index is 12.4. The molecule has 0 saturated carbocycles. The molecule has 0 aliphatic carbocycles. The molecule has 0 fully saturated rings. The second-order valence-corrected chi connectivity index (χ2v) is 15.2. The number of carbonyl (C=O) groups is 9. The van der Waals surface area contributed by atoms with E-state index in [1.807, 2.05) is 10.6 Å². The fourth-order valence-corrected chi connectivity index (χ4v) is 6.04. The van der Waals surface area contributed by atoms with Crippen LogP contribution in [-0.4, -0.2) is 161 Å². The Morgan fingerprint density at radius 1 is 0.612 bits per heavy atom. The first kappa shape index (κ1) is 57.9. The van der Waals surface area contributed by atoms with Crippen molar-refractivity contribution in [1.82, 2.24) is 36.1 Å². The van der Waals surface area contributed by atoms with Gasteiger partial charge in [-0.25, -0.2) is 9.59 Å². The number of carboxylic acids is 6. The Balaban J connectivity index is 0.00000111. The number of unbranched alkanes of at least 4 members (excludes halogenated alkanes) is 3. The van der Waals surface area contributed by atoms with E-state index in [4.69, 9.17) is 20.4 Å². The normalized spacial score (nSPS) is 11.1. The third-order valence-corrected chi connectivity index (χ3v) is 9.51. The number of benzene rings is 1. The van der Waals surface area contributed by atoms with Gasteiger partial charge in [0.1, 0.15) is 24.1 Å². The van der Waals surface area contributed by atoms with Gasteiger partial charge in [0, 0.05) is 76.2 Å². The summed E-state index contributed by atoms with van der Waals surface area (Å²) in [6.45, 7) is 1.88. The summed E-state index contributed by atoms with van der Waals surface area (Å²) in [6.07, 6.45) is 4.63. The largest absolute Gasteiger partial charge is 0.508 e. The van der Waals surface area contributed by atoms with Gasteiger partial charge in [-0.2, -0.15) is 0 Å². The van der Waals surface area contributed by atoms with Crippen molar-refractivity contribution in [2.24, 2.45) is 0 Å². The number of carbonyl (C=O) groups excluding carboxylic acids is 3. The lowest BCUT2D eigenvalue weighted by atomic mass is 10.0. The summed E-state index contributed by atoms with van der Waals surface area (Å²) >= 11 is 0. The monoisotopic (exact) mass is 949 g/mol. The predicted octanol–water partition coefficient (Wildman–Crippen LogP) is 1.20. The molecule has 2 aromatic rings. The van der Waals surface area contributed by atoms with Crippen LogP contribution in [0.25, 0.3) is 0 Å². The molecule has 12 N–H and O–H groups in total. The molecule has 0 saturated heterocycles. The van der Waals surface area contributed by atoms with E-state index in [2.05, 4.69) is 22.5 Å². The number of aryl methyl sites for hydroxylation is 2. The standard InChI is InChI=1S/C35H51N5O10.C8H12N2O7/c1-2-3-16-36-31(43)7-5-4-6-17-37-32(44)14-11-27-10-13-30(42)28(38-27)22-40(24-35(49)50)19-18-39(23-34(47)48)21-26-20-25(8-12-29(26)41)9-15-33(45)46;11-5(12)2-1-4(7(15)16)10-8(17)9-3-6(13)14/h8,10,12-13,20,41-42H,2-7,9,11,14-19,21-24H2,1H3,(H,36,43)(H,37,44)(H,45,46)(H,47,48)(H,49,50);4H,1-3H2,(H,11,12)(H,13,14)(H,15,16)(H2,9,10,17). The minimum absolute atomic E-state index is 0.0112. The topological polar surface area (TPSA) is 383 Å². The number of urea groups is 1. The first-order chi connectivity index (χ1) is 31.7. The summed E-state index contributed by atoms with van der Waals surface area (Å²) in [4.78, 5) is 108. The number of nitrogens with zero attached hydrogens (tertiary/aromatic N) is 3. The van der Waals surface area contributed by atoms with Gasteiger partial charge in [0.2, 0.25) is 11.8 Å². The number of nitrogens with one attached hydrogen (secondary N) is 4. The van der Waals surface area contributed by atoms with Crippen molar-refractivity contribution >= 4 is 53.7 Å². The molecule has 1 heterocycles. The maximum atomic E-state index is 12.4. The number of phenolic OH excluding ortho intramolecular Hbond substituents is 1. The lowest BCUT2D eigenvalue weighted by Gasteiger charge is -2.26. The number of aromatic nitrogens is 1. The molecule has 0 aliphatic rings. The van der Waals surface area contributed by atoms with Gasteiger partial charge >= 0.3 is 41.8 Å². The van der Waals surface area contributed by atoms with Crippen LogP contribution in [0.4, 0.5) is 4.79 Å². The fourth-order valence-electron chi connectivity index (χ4n) is 6.04. The SMILES string of the molecule is CCCCNC(=O)CCCCCNC(=O)CCc1ccc(O)c(CN(CCN(CC(=O)O)Cc2cc(CCC(=O)O)ccc2O)CC(=O)O)n1.O=C(O)CCC(NC(=O)NCC(=O)O)C(=O)O. The summed E-state index contributed by atoms with van der Waals surface area (Å²) in [5, 5.41) is 83.8. The van der Waals surface area contributed by atoms with E-state index < -0.39 is 73.9 Å². The average molecular weight is 950 g/mol. The quantitative estimate of drug-likeness (QED) is 0.0447. The predicted molar refractivity (Wildman–Crippen MR) is 236 cm³/mol. The molecule has 67 heavy (non-hydrogen) atoms. The van der Waals surface area contributed by atoms with Gasteiger partial charge in [-0.05, 0) is 62.3 Å². The molecule has 1 aromatic heterocycles. The van der Waals surface area contributed by atoms with Gasteiger partial charge in [0.25, 0.3) is 0 Å². The highest BCUT2D eigenvalue weighted by Crippen LogP contribution is 2.22. The van der Waals surface area contributed by atoms with Gasteiger partial charge in [0.05, 0.1) is 18.8 Å². The molecule has 0 spiro atoms. The molecular weight excluding hydrogens is 887 g/mol. The number of aliphatic carboxylic acids is 6. The molecule has 0 radical (unpaired) electrons. The average Bonchev–Trinajstić information content (AvgIpc) is 3.24. The molecule has 1 unspecified atom stereocenters.